The molecule has 0 amide bonds. The Hall–Kier alpha value is -4.71. The molecule has 0 fully saturated rings. The van der Waals surface area contributed by atoms with Crippen LogP contribution in [0.5, 0.6) is 0 Å². The smallest absolute Gasteiger partial charge is 0.306 e. The van der Waals surface area contributed by atoms with Gasteiger partial charge in [-0.1, -0.05) is 276 Å². The van der Waals surface area contributed by atoms with Gasteiger partial charge in [0.25, 0.3) is 0 Å². The monoisotopic (exact) mass is 1100 g/mol. The summed E-state index contributed by atoms with van der Waals surface area (Å²) in [7, 11) is 0. The van der Waals surface area contributed by atoms with E-state index in [9.17, 15) is 14.4 Å². The van der Waals surface area contributed by atoms with Gasteiger partial charge in [-0.3, -0.25) is 14.4 Å². The second kappa shape index (κ2) is 66.8. The Labute approximate surface area is 493 Å². The van der Waals surface area contributed by atoms with E-state index in [0.29, 0.717) is 19.3 Å². The Kier molecular flexibility index (Phi) is 62.9. The number of hydrogen-bond acceptors (Lipinski definition) is 6. The molecule has 0 aromatic rings. The van der Waals surface area contributed by atoms with Crippen LogP contribution in [0.2, 0.25) is 0 Å². The van der Waals surface area contributed by atoms with Crippen molar-refractivity contribution in [2.45, 2.75) is 290 Å². The van der Waals surface area contributed by atoms with Gasteiger partial charge in [0.05, 0.1) is 0 Å². The molecule has 6 nitrogen and oxygen atoms in total. The number of allylic oxidation sites excluding steroid dienone is 24. The van der Waals surface area contributed by atoms with E-state index in [1.165, 1.54) is 83.5 Å². The van der Waals surface area contributed by atoms with Crippen molar-refractivity contribution in [3.8, 4) is 0 Å². The van der Waals surface area contributed by atoms with Crippen molar-refractivity contribution in [3.05, 3.63) is 146 Å². The number of unbranched alkanes of at least 4 members (excludes halogenated alkanes) is 23. The van der Waals surface area contributed by atoms with Crippen molar-refractivity contribution in [2.75, 3.05) is 13.2 Å². The van der Waals surface area contributed by atoms with Gasteiger partial charge < -0.3 is 14.2 Å². The SMILES string of the molecule is CC/C=C\C/C=C\C/C=C\C/C=C\C/C=C\C/C=C\C/C=C\C/C=C\CCCCCCCCCCCCC(=O)OCC(COC(=O)CCCCCCC/C=C\CCC)OC(=O)CCCCCCCCC/C=C\C/C=C\C/C=C\CC. The first-order chi connectivity index (χ1) is 39.5. The maximum Gasteiger partial charge on any atom is 0.306 e. The lowest BCUT2D eigenvalue weighted by Gasteiger charge is -2.18. The molecule has 0 aromatic carbocycles. The van der Waals surface area contributed by atoms with E-state index in [1.54, 1.807) is 0 Å². The molecule has 0 saturated heterocycles. The number of carbonyl (C=O) groups excluding carboxylic acids is 3. The molecular formula is C74H120O6. The first-order valence-corrected chi connectivity index (χ1v) is 32.8. The van der Waals surface area contributed by atoms with E-state index in [0.717, 1.165) is 161 Å². The number of carbonyl (C=O) groups is 3. The summed E-state index contributed by atoms with van der Waals surface area (Å²) in [4.78, 5) is 38.2. The molecule has 0 saturated carbocycles. The van der Waals surface area contributed by atoms with Crippen LogP contribution in [-0.4, -0.2) is 37.2 Å². The van der Waals surface area contributed by atoms with Gasteiger partial charge in [-0.05, 0) is 135 Å². The van der Waals surface area contributed by atoms with E-state index < -0.39 is 6.10 Å². The summed E-state index contributed by atoms with van der Waals surface area (Å²) in [6, 6.07) is 0. The third-order valence-electron chi connectivity index (χ3n) is 13.5. The Morgan fingerprint density at radius 1 is 0.263 bits per heavy atom. The van der Waals surface area contributed by atoms with Crippen LogP contribution >= 0.6 is 0 Å². The predicted molar refractivity (Wildman–Crippen MR) is 348 cm³/mol. The highest BCUT2D eigenvalue weighted by molar-refractivity contribution is 5.71. The van der Waals surface area contributed by atoms with E-state index in [4.69, 9.17) is 14.2 Å². The first kappa shape index (κ1) is 75.3. The van der Waals surface area contributed by atoms with Crippen LogP contribution in [0.15, 0.2) is 146 Å². The van der Waals surface area contributed by atoms with E-state index >= 15 is 0 Å². The lowest BCUT2D eigenvalue weighted by Crippen LogP contribution is -2.30. The summed E-state index contributed by atoms with van der Waals surface area (Å²) in [5.41, 5.74) is 0. The van der Waals surface area contributed by atoms with Gasteiger partial charge in [-0.2, -0.15) is 0 Å². The normalized spacial score (nSPS) is 13.1. The molecular weight excluding hydrogens is 985 g/mol. The minimum absolute atomic E-state index is 0.0902. The van der Waals surface area contributed by atoms with Crippen LogP contribution in [0, 0.1) is 0 Å². The number of rotatable bonds is 58. The van der Waals surface area contributed by atoms with Crippen molar-refractivity contribution < 1.29 is 28.6 Å². The van der Waals surface area contributed by atoms with Gasteiger partial charge in [0.2, 0.25) is 0 Å². The molecule has 0 bridgehead atoms. The second-order valence-electron chi connectivity index (χ2n) is 21.3. The van der Waals surface area contributed by atoms with Crippen molar-refractivity contribution in [1.29, 1.82) is 0 Å². The van der Waals surface area contributed by atoms with Gasteiger partial charge in [-0.25, -0.2) is 0 Å². The minimum Gasteiger partial charge on any atom is -0.462 e. The van der Waals surface area contributed by atoms with E-state index in [-0.39, 0.29) is 31.1 Å². The zero-order chi connectivity index (χ0) is 57.8. The molecule has 0 aliphatic heterocycles. The predicted octanol–water partition coefficient (Wildman–Crippen LogP) is 22.7. The van der Waals surface area contributed by atoms with Crippen LogP contribution in [0.1, 0.15) is 284 Å². The first-order valence-electron chi connectivity index (χ1n) is 32.8. The third-order valence-corrected chi connectivity index (χ3v) is 13.5. The molecule has 452 valence electrons. The van der Waals surface area contributed by atoms with Crippen molar-refractivity contribution in [3.63, 3.8) is 0 Å². The summed E-state index contributed by atoms with van der Waals surface area (Å²) < 4.78 is 16.9. The fraction of sp³-hybridized carbons (Fsp3) is 0.635. The standard InChI is InChI=1S/C74H120O6/c1-4-7-10-13-16-19-22-24-26-28-29-30-31-32-33-34-35-36-37-38-39-40-41-42-43-44-45-47-48-50-52-55-58-61-64-67-73(76)79-70-71(69-78-72(75)66-63-60-57-54-21-18-15-12-9-6-3)80-74(77)68-65-62-59-56-53-51-49-46-27-25-23-20-17-14-11-8-5-2/h7-8,10-12,15-17,19-20,24-27,29-30,32-33,35-36,38-39,41-42,71H,4-6,9,13-14,18,21-23,28,31,34,37,40,43-70H2,1-3H3/b10-7-,11-8-,15-12-,19-16-,20-17-,26-24-,27-25-,30-29-,33-32-,36-35-,39-38-,42-41-. The number of ether oxygens (including phenoxy) is 3. The largest absolute Gasteiger partial charge is 0.462 e. The van der Waals surface area contributed by atoms with Gasteiger partial charge in [0.1, 0.15) is 13.2 Å². The molecule has 0 spiro atoms. The average Bonchev–Trinajstić information content (AvgIpc) is 3.46. The fourth-order valence-electron chi connectivity index (χ4n) is 8.71. The summed E-state index contributed by atoms with van der Waals surface area (Å²) in [6.07, 6.45) is 95.8. The zero-order valence-electron chi connectivity index (χ0n) is 51.8. The second-order valence-corrected chi connectivity index (χ2v) is 21.3. The van der Waals surface area contributed by atoms with Gasteiger partial charge in [0.15, 0.2) is 6.10 Å². The van der Waals surface area contributed by atoms with Crippen molar-refractivity contribution in [1.82, 2.24) is 0 Å². The Bertz CT molecular complexity index is 1750. The molecule has 0 radical (unpaired) electrons. The van der Waals surface area contributed by atoms with Crippen LogP contribution in [-0.2, 0) is 28.6 Å². The maximum atomic E-state index is 12.9. The molecule has 6 heteroatoms. The average molecular weight is 1110 g/mol. The molecule has 0 aromatic heterocycles. The highest BCUT2D eigenvalue weighted by Gasteiger charge is 2.19. The van der Waals surface area contributed by atoms with Crippen molar-refractivity contribution in [2.24, 2.45) is 0 Å². The molecule has 0 N–H and O–H groups in total. The van der Waals surface area contributed by atoms with Crippen LogP contribution in [0.3, 0.4) is 0 Å². The third kappa shape index (κ3) is 64.1. The maximum absolute atomic E-state index is 12.9. The quantitative estimate of drug-likeness (QED) is 0.0261. The Morgan fingerprint density at radius 2 is 0.487 bits per heavy atom. The highest BCUT2D eigenvalue weighted by atomic mass is 16.6. The topological polar surface area (TPSA) is 78.9 Å². The van der Waals surface area contributed by atoms with Crippen molar-refractivity contribution >= 4 is 17.9 Å². The van der Waals surface area contributed by atoms with E-state index in [2.05, 4.69) is 167 Å². The van der Waals surface area contributed by atoms with Crippen LogP contribution < -0.4 is 0 Å². The molecule has 0 aliphatic rings. The zero-order valence-corrected chi connectivity index (χ0v) is 51.8. The highest BCUT2D eigenvalue weighted by Crippen LogP contribution is 2.15. The molecule has 0 heterocycles. The summed E-state index contributed by atoms with van der Waals surface area (Å²) in [5.74, 6) is -0.915. The summed E-state index contributed by atoms with van der Waals surface area (Å²) in [5, 5.41) is 0. The Balaban J connectivity index is 4.20. The van der Waals surface area contributed by atoms with Gasteiger partial charge >= 0.3 is 17.9 Å². The Morgan fingerprint density at radius 3 is 0.775 bits per heavy atom. The lowest BCUT2D eigenvalue weighted by atomic mass is 10.1. The molecule has 1 unspecified atom stereocenters. The minimum atomic E-state index is -0.793. The van der Waals surface area contributed by atoms with Gasteiger partial charge in [-0.15, -0.1) is 0 Å². The summed E-state index contributed by atoms with van der Waals surface area (Å²) in [6.45, 7) is 6.34. The number of hydrogen-bond donors (Lipinski definition) is 0. The van der Waals surface area contributed by atoms with E-state index in [1.807, 2.05) is 0 Å². The molecule has 0 rings (SSSR count). The number of esters is 3. The molecule has 0 aliphatic carbocycles. The van der Waals surface area contributed by atoms with Crippen LogP contribution in [0.25, 0.3) is 0 Å². The van der Waals surface area contributed by atoms with Gasteiger partial charge in [0, 0.05) is 19.3 Å². The summed E-state index contributed by atoms with van der Waals surface area (Å²) >= 11 is 0. The van der Waals surface area contributed by atoms with Crippen LogP contribution in [0.4, 0.5) is 0 Å². The molecule has 1 atom stereocenters. The fourth-order valence-corrected chi connectivity index (χ4v) is 8.71. The lowest BCUT2D eigenvalue weighted by molar-refractivity contribution is -0.167. The molecule has 80 heavy (non-hydrogen) atoms.